The van der Waals surface area contributed by atoms with Crippen LogP contribution >= 0.6 is 0 Å². The van der Waals surface area contributed by atoms with Crippen molar-refractivity contribution >= 4 is 0 Å². The van der Waals surface area contributed by atoms with Crippen molar-refractivity contribution in [1.82, 2.24) is 4.90 Å². The summed E-state index contributed by atoms with van der Waals surface area (Å²) in [6.07, 6.45) is 1.71. The molecule has 1 aliphatic rings. The van der Waals surface area contributed by atoms with Gasteiger partial charge in [0.1, 0.15) is 18.1 Å². The van der Waals surface area contributed by atoms with Crippen LogP contribution in [0.1, 0.15) is 12.8 Å². The number of aliphatic hydroxyl groups is 1. The van der Waals surface area contributed by atoms with Gasteiger partial charge < -0.3 is 19.5 Å². The molecule has 1 unspecified atom stereocenters. The van der Waals surface area contributed by atoms with Crippen LogP contribution < -0.4 is 9.47 Å². The van der Waals surface area contributed by atoms with Gasteiger partial charge in [-0.05, 0) is 63.2 Å². The lowest BCUT2D eigenvalue weighted by atomic mass is 9.92. The summed E-state index contributed by atoms with van der Waals surface area (Å²) in [5.41, 5.74) is 0. The van der Waals surface area contributed by atoms with Crippen LogP contribution in [0.3, 0.4) is 0 Å². The monoisotopic (exact) mass is 265 g/mol. The molecule has 0 aromatic heterocycles. The smallest absolute Gasteiger partial charge is 0.119 e. The highest BCUT2D eigenvalue weighted by molar-refractivity contribution is 5.31. The van der Waals surface area contributed by atoms with Gasteiger partial charge in [0.25, 0.3) is 0 Å². The van der Waals surface area contributed by atoms with Gasteiger partial charge in [0.15, 0.2) is 0 Å². The van der Waals surface area contributed by atoms with Crippen LogP contribution in [0.25, 0.3) is 0 Å². The lowest BCUT2D eigenvalue weighted by molar-refractivity contribution is 0.0298. The van der Waals surface area contributed by atoms with E-state index in [9.17, 15) is 5.11 Å². The summed E-state index contributed by atoms with van der Waals surface area (Å²) in [5.74, 6) is 1.94. The molecule has 1 aromatic rings. The predicted molar refractivity (Wildman–Crippen MR) is 74.7 cm³/mol. The third kappa shape index (κ3) is 4.11. The molecule has 1 heterocycles. The maximum absolute atomic E-state index is 10.2. The quantitative estimate of drug-likeness (QED) is 0.881. The normalized spacial score (nSPS) is 19.1. The molecule has 0 spiro atoms. The Bertz CT molecular complexity index is 371. The van der Waals surface area contributed by atoms with Gasteiger partial charge >= 0.3 is 0 Å². The molecule has 0 aliphatic carbocycles. The van der Waals surface area contributed by atoms with Crippen molar-refractivity contribution in [3.8, 4) is 11.5 Å². The molecule has 4 nitrogen and oxygen atoms in total. The third-order valence-electron chi connectivity index (χ3n) is 3.79. The summed E-state index contributed by atoms with van der Waals surface area (Å²) in [6.45, 7) is 2.48. The number of piperidine rings is 1. The number of aliphatic hydroxyl groups excluding tert-OH is 1. The lowest BCUT2D eigenvalue weighted by Gasteiger charge is -2.31. The van der Waals surface area contributed by atoms with E-state index in [-0.39, 0.29) is 6.10 Å². The second-order valence-corrected chi connectivity index (χ2v) is 5.19. The first-order chi connectivity index (χ1) is 9.19. The first-order valence-electron chi connectivity index (χ1n) is 6.82. The molecular weight excluding hydrogens is 242 g/mol. The third-order valence-corrected chi connectivity index (χ3v) is 3.79. The molecule has 4 heteroatoms. The maximum Gasteiger partial charge on any atom is 0.119 e. The minimum Gasteiger partial charge on any atom is -0.497 e. The van der Waals surface area contributed by atoms with Crippen LogP contribution in [-0.4, -0.2) is 50.0 Å². The highest BCUT2D eigenvalue weighted by Crippen LogP contribution is 2.22. The van der Waals surface area contributed by atoms with Gasteiger partial charge in [0, 0.05) is 0 Å². The molecule has 1 aromatic carbocycles. The van der Waals surface area contributed by atoms with Gasteiger partial charge in [0.2, 0.25) is 0 Å². The van der Waals surface area contributed by atoms with Gasteiger partial charge in [0.05, 0.1) is 13.2 Å². The summed E-state index contributed by atoms with van der Waals surface area (Å²) in [6, 6.07) is 7.44. The second kappa shape index (κ2) is 6.78. The van der Waals surface area contributed by atoms with Crippen LogP contribution in [0, 0.1) is 5.92 Å². The fourth-order valence-corrected chi connectivity index (χ4v) is 2.40. The van der Waals surface area contributed by atoms with E-state index >= 15 is 0 Å². The van der Waals surface area contributed by atoms with Crippen molar-refractivity contribution in [2.75, 3.05) is 33.9 Å². The molecule has 19 heavy (non-hydrogen) atoms. The van der Waals surface area contributed by atoms with Crippen LogP contribution in [0.15, 0.2) is 24.3 Å². The number of nitrogens with zero attached hydrogens (tertiary/aromatic N) is 1. The van der Waals surface area contributed by atoms with Crippen molar-refractivity contribution in [1.29, 1.82) is 0 Å². The Morgan fingerprint density at radius 1 is 1.21 bits per heavy atom. The van der Waals surface area contributed by atoms with Crippen molar-refractivity contribution in [3.63, 3.8) is 0 Å². The summed E-state index contributed by atoms with van der Waals surface area (Å²) < 4.78 is 10.7. The van der Waals surface area contributed by atoms with Crippen molar-refractivity contribution in [2.24, 2.45) is 5.92 Å². The second-order valence-electron chi connectivity index (χ2n) is 5.19. The number of rotatable bonds is 5. The number of hydrogen-bond donors (Lipinski definition) is 1. The van der Waals surface area contributed by atoms with Crippen LogP contribution in [-0.2, 0) is 0 Å². The minimum absolute atomic E-state index is 0.356. The molecule has 1 saturated heterocycles. The van der Waals surface area contributed by atoms with Crippen LogP contribution in [0.4, 0.5) is 0 Å². The van der Waals surface area contributed by atoms with Gasteiger partial charge in [-0.15, -0.1) is 0 Å². The van der Waals surface area contributed by atoms with Crippen molar-refractivity contribution in [2.45, 2.75) is 18.9 Å². The molecule has 0 bridgehead atoms. The zero-order valence-electron chi connectivity index (χ0n) is 11.7. The Morgan fingerprint density at radius 3 is 2.37 bits per heavy atom. The molecule has 1 aliphatic heterocycles. The fraction of sp³-hybridized carbons (Fsp3) is 0.600. The molecule has 106 valence electrons. The molecule has 0 saturated carbocycles. The number of methoxy groups -OCH3 is 1. The zero-order chi connectivity index (χ0) is 13.7. The average Bonchev–Trinajstić information content (AvgIpc) is 2.46. The number of ether oxygens (including phenoxy) is 2. The molecule has 0 amide bonds. The van der Waals surface area contributed by atoms with E-state index in [1.807, 2.05) is 24.3 Å². The Morgan fingerprint density at radius 2 is 1.79 bits per heavy atom. The molecule has 0 radical (unpaired) electrons. The van der Waals surface area contributed by atoms with E-state index in [4.69, 9.17) is 9.47 Å². The lowest BCUT2D eigenvalue weighted by Crippen LogP contribution is -2.37. The topological polar surface area (TPSA) is 41.9 Å². The fourth-order valence-electron chi connectivity index (χ4n) is 2.40. The highest BCUT2D eigenvalue weighted by Gasteiger charge is 2.24. The number of benzene rings is 1. The Hall–Kier alpha value is -1.26. The van der Waals surface area contributed by atoms with Crippen molar-refractivity contribution < 1.29 is 14.6 Å². The molecule has 2 rings (SSSR count). The van der Waals surface area contributed by atoms with E-state index in [0.717, 1.165) is 37.4 Å². The maximum atomic E-state index is 10.2. The van der Waals surface area contributed by atoms with Crippen LogP contribution in [0.2, 0.25) is 0 Å². The van der Waals surface area contributed by atoms with Crippen LogP contribution in [0.5, 0.6) is 11.5 Å². The number of hydrogen-bond acceptors (Lipinski definition) is 4. The standard InChI is InChI=1S/C15H23NO3/c1-16-9-7-12(8-10-16)15(17)11-19-14-5-3-13(18-2)4-6-14/h3-6,12,15,17H,7-11H2,1-2H3. The van der Waals surface area contributed by atoms with Gasteiger partial charge in [-0.2, -0.15) is 0 Å². The Balaban J connectivity index is 1.77. The van der Waals surface area contributed by atoms with Gasteiger partial charge in [-0.25, -0.2) is 0 Å². The summed E-state index contributed by atoms with van der Waals surface area (Å²) in [7, 11) is 3.76. The van der Waals surface area contributed by atoms with E-state index in [0.29, 0.717) is 12.5 Å². The molecule has 1 atom stereocenters. The number of likely N-dealkylation sites (tertiary alicyclic amines) is 1. The van der Waals surface area contributed by atoms with E-state index in [2.05, 4.69) is 11.9 Å². The predicted octanol–water partition coefficient (Wildman–Crippen LogP) is 1.78. The molecule has 1 N–H and O–H groups in total. The van der Waals surface area contributed by atoms with E-state index in [1.165, 1.54) is 0 Å². The van der Waals surface area contributed by atoms with Gasteiger partial charge in [-0.3, -0.25) is 0 Å². The summed E-state index contributed by atoms with van der Waals surface area (Å²) in [4.78, 5) is 2.30. The zero-order valence-corrected chi connectivity index (χ0v) is 11.7. The van der Waals surface area contributed by atoms with Gasteiger partial charge in [-0.1, -0.05) is 0 Å². The first-order valence-corrected chi connectivity index (χ1v) is 6.82. The summed E-state index contributed by atoms with van der Waals surface area (Å²) >= 11 is 0. The SMILES string of the molecule is COc1ccc(OCC(O)C2CCN(C)CC2)cc1. The van der Waals surface area contributed by atoms with Crippen molar-refractivity contribution in [3.05, 3.63) is 24.3 Å². The minimum atomic E-state index is -0.379. The molecular formula is C15H23NO3. The largest absolute Gasteiger partial charge is 0.497 e. The summed E-state index contributed by atoms with van der Waals surface area (Å²) in [5, 5.41) is 10.2. The first kappa shape index (κ1) is 14.2. The Labute approximate surface area is 114 Å². The van der Waals surface area contributed by atoms with E-state index < -0.39 is 0 Å². The average molecular weight is 265 g/mol. The Kier molecular flexibility index (Phi) is 5.05. The van der Waals surface area contributed by atoms with E-state index in [1.54, 1.807) is 7.11 Å². The highest BCUT2D eigenvalue weighted by atomic mass is 16.5. The molecule has 1 fully saturated rings.